The Balaban J connectivity index is 2.50. The molecule has 0 spiro atoms. The van der Waals surface area contributed by atoms with Crippen molar-refractivity contribution in [1.82, 2.24) is 5.32 Å². The van der Waals surface area contributed by atoms with Crippen LogP contribution in [-0.4, -0.2) is 19.5 Å². The van der Waals surface area contributed by atoms with E-state index in [0.717, 1.165) is 6.54 Å². The molecule has 0 radical (unpaired) electrons. The van der Waals surface area contributed by atoms with Crippen molar-refractivity contribution in [3.8, 4) is 5.75 Å². The van der Waals surface area contributed by atoms with E-state index in [4.69, 9.17) is 0 Å². The summed E-state index contributed by atoms with van der Waals surface area (Å²) in [6.45, 7) is 5.80. The maximum absolute atomic E-state index is 12.1. The van der Waals surface area contributed by atoms with E-state index < -0.39 is 6.36 Å². The number of hydrogen-bond acceptors (Lipinski definition) is 2. The zero-order valence-electron chi connectivity index (χ0n) is 11.0. The summed E-state index contributed by atoms with van der Waals surface area (Å²) < 4.78 is 40.0. The summed E-state index contributed by atoms with van der Waals surface area (Å²) in [5, 5.41) is 3.21. The first-order chi connectivity index (χ1) is 8.87. The maximum atomic E-state index is 12.1. The van der Waals surface area contributed by atoms with Gasteiger partial charge in [-0.1, -0.05) is 38.1 Å². The minimum Gasteiger partial charge on any atom is -0.406 e. The number of alkyl halides is 3. The Morgan fingerprint density at radius 3 is 2.68 bits per heavy atom. The van der Waals surface area contributed by atoms with Crippen LogP contribution in [0.1, 0.15) is 19.4 Å². The molecule has 1 aromatic carbocycles. The number of benzene rings is 1. The van der Waals surface area contributed by atoms with E-state index in [1.807, 2.05) is 6.08 Å². The highest BCUT2D eigenvalue weighted by atomic mass is 19.4. The molecule has 1 N–H and O–H groups in total. The van der Waals surface area contributed by atoms with Crippen molar-refractivity contribution in [1.29, 1.82) is 0 Å². The first kappa shape index (κ1) is 15.6. The first-order valence-electron chi connectivity index (χ1n) is 6.10. The van der Waals surface area contributed by atoms with Crippen molar-refractivity contribution in [3.05, 3.63) is 35.9 Å². The van der Waals surface area contributed by atoms with Crippen molar-refractivity contribution in [2.75, 3.05) is 13.1 Å². The van der Waals surface area contributed by atoms with E-state index in [1.165, 1.54) is 18.2 Å². The van der Waals surface area contributed by atoms with Gasteiger partial charge in [0.1, 0.15) is 5.75 Å². The standard InChI is InChI=1S/C14H18F3NO/c1-11(2)10-18-8-4-6-12-5-3-7-13(9-12)19-14(15,16)17/h3-7,9,11,18H,8,10H2,1-2H3/b6-4+. The smallest absolute Gasteiger partial charge is 0.406 e. The second kappa shape index (κ2) is 7.19. The van der Waals surface area contributed by atoms with Crippen LogP contribution < -0.4 is 10.1 Å². The third-order valence-electron chi connectivity index (χ3n) is 2.22. The quantitative estimate of drug-likeness (QED) is 0.795. The largest absolute Gasteiger partial charge is 0.573 e. The second-order valence-corrected chi connectivity index (χ2v) is 4.57. The molecule has 1 aromatic rings. The molecule has 0 aromatic heterocycles. The summed E-state index contributed by atoms with van der Waals surface area (Å²) in [7, 11) is 0. The molecule has 0 fully saturated rings. The van der Waals surface area contributed by atoms with E-state index in [-0.39, 0.29) is 5.75 Å². The third kappa shape index (κ3) is 7.51. The Kier molecular flexibility index (Phi) is 5.89. The lowest BCUT2D eigenvalue weighted by atomic mass is 10.2. The molecule has 0 unspecified atom stereocenters. The molecular weight excluding hydrogens is 255 g/mol. The predicted octanol–water partition coefficient (Wildman–Crippen LogP) is 3.84. The van der Waals surface area contributed by atoms with E-state index in [1.54, 1.807) is 12.1 Å². The van der Waals surface area contributed by atoms with Crippen LogP contribution in [0.15, 0.2) is 30.3 Å². The third-order valence-corrected chi connectivity index (χ3v) is 2.22. The van der Waals surface area contributed by atoms with E-state index in [0.29, 0.717) is 18.0 Å². The van der Waals surface area contributed by atoms with Crippen LogP contribution in [0, 0.1) is 5.92 Å². The SMILES string of the molecule is CC(C)CNC/C=C/c1cccc(OC(F)(F)F)c1. The summed E-state index contributed by atoms with van der Waals surface area (Å²) in [6, 6.07) is 5.89. The topological polar surface area (TPSA) is 21.3 Å². The molecule has 0 atom stereocenters. The lowest BCUT2D eigenvalue weighted by Crippen LogP contribution is -2.19. The molecule has 0 amide bonds. The van der Waals surface area contributed by atoms with Crippen LogP contribution in [0.3, 0.4) is 0 Å². The Labute approximate surface area is 111 Å². The maximum Gasteiger partial charge on any atom is 0.573 e. The fourth-order valence-corrected chi connectivity index (χ4v) is 1.47. The van der Waals surface area contributed by atoms with Crippen molar-refractivity contribution in [2.45, 2.75) is 20.2 Å². The van der Waals surface area contributed by atoms with Gasteiger partial charge in [0.15, 0.2) is 0 Å². The molecule has 106 valence electrons. The molecule has 0 bridgehead atoms. The molecule has 0 heterocycles. The van der Waals surface area contributed by atoms with E-state index in [2.05, 4.69) is 23.9 Å². The summed E-state index contributed by atoms with van der Waals surface area (Å²) in [5.41, 5.74) is 0.674. The normalized spacial score (nSPS) is 12.3. The van der Waals surface area contributed by atoms with Crippen LogP contribution in [0.2, 0.25) is 0 Å². The van der Waals surface area contributed by atoms with E-state index in [9.17, 15) is 13.2 Å². The number of ether oxygens (including phenoxy) is 1. The lowest BCUT2D eigenvalue weighted by molar-refractivity contribution is -0.274. The van der Waals surface area contributed by atoms with Crippen LogP contribution in [0.4, 0.5) is 13.2 Å². The van der Waals surface area contributed by atoms with Crippen LogP contribution >= 0.6 is 0 Å². The molecule has 0 aliphatic carbocycles. The van der Waals surface area contributed by atoms with E-state index >= 15 is 0 Å². The Morgan fingerprint density at radius 2 is 2.05 bits per heavy atom. The summed E-state index contributed by atoms with van der Waals surface area (Å²) in [4.78, 5) is 0. The Morgan fingerprint density at radius 1 is 1.32 bits per heavy atom. The summed E-state index contributed by atoms with van der Waals surface area (Å²) in [5.74, 6) is 0.363. The summed E-state index contributed by atoms with van der Waals surface area (Å²) >= 11 is 0. The van der Waals surface area contributed by atoms with Crippen molar-refractivity contribution in [2.24, 2.45) is 5.92 Å². The number of halogens is 3. The molecule has 0 saturated heterocycles. The van der Waals surface area contributed by atoms with Gasteiger partial charge in [0.25, 0.3) is 0 Å². The fraction of sp³-hybridized carbons (Fsp3) is 0.429. The van der Waals surface area contributed by atoms with Gasteiger partial charge < -0.3 is 10.1 Å². The zero-order valence-corrected chi connectivity index (χ0v) is 11.0. The highest BCUT2D eigenvalue weighted by Gasteiger charge is 2.30. The minimum atomic E-state index is -4.65. The summed E-state index contributed by atoms with van der Waals surface area (Å²) in [6.07, 6.45) is -1.02. The Hall–Kier alpha value is -1.49. The highest BCUT2D eigenvalue weighted by molar-refractivity contribution is 5.51. The minimum absolute atomic E-state index is 0.204. The van der Waals surface area contributed by atoms with Gasteiger partial charge in [-0.3, -0.25) is 0 Å². The van der Waals surface area contributed by atoms with Crippen LogP contribution in [0.25, 0.3) is 6.08 Å². The van der Waals surface area contributed by atoms with Crippen molar-refractivity contribution < 1.29 is 17.9 Å². The highest BCUT2D eigenvalue weighted by Crippen LogP contribution is 2.23. The fourth-order valence-electron chi connectivity index (χ4n) is 1.47. The van der Waals surface area contributed by atoms with Crippen LogP contribution in [0.5, 0.6) is 5.75 Å². The van der Waals surface area contributed by atoms with Gasteiger partial charge in [-0.15, -0.1) is 13.2 Å². The first-order valence-corrected chi connectivity index (χ1v) is 6.10. The van der Waals surface area contributed by atoms with Crippen molar-refractivity contribution >= 4 is 6.08 Å². The molecule has 0 aliphatic rings. The molecule has 0 saturated carbocycles. The monoisotopic (exact) mass is 273 g/mol. The number of hydrogen-bond donors (Lipinski definition) is 1. The van der Waals surface area contributed by atoms with Gasteiger partial charge in [0.2, 0.25) is 0 Å². The van der Waals surface area contributed by atoms with Gasteiger partial charge in [-0.2, -0.15) is 0 Å². The average molecular weight is 273 g/mol. The van der Waals surface area contributed by atoms with Crippen LogP contribution in [-0.2, 0) is 0 Å². The molecule has 1 rings (SSSR count). The molecule has 2 nitrogen and oxygen atoms in total. The molecule has 19 heavy (non-hydrogen) atoms. The van der Waals surface area contributed by atoms with Gasteiger partial charge in [0.05, 0.1) is 0 Å². The molecular formula is C14H18F3NO. The second-order valence-electron chi connectivity index (χ2n) is 4.57. The van der Waals surface area contributed by atoms with Gasteiger partial charge in [0, 0.05) is 6.54 Å². The molecule has 5 heteroatoms. The lowest BCUT2D eigenvalue weighted by Gasteiger charge is -2.08. The number of nitrogens with one attached hydrogen (secondary N) is 1. The predicted molar refractivity (Wildman–Crippen MR) is 69.9 cm³/mol. The van der Waals surface area contributed by atoms with Gasteiger partial charge in [-0.25, -0.2) is 0 Å². The number of rotatable bonds is 6. The zero-order chi connectivity index (χ0) is 14.3. The van der Waals surface area contributed by atoms with Gasteiger partial charge in [-0.05, 0) is 30.2 Å². The van der Waals surface area contributed by atoms with Crippen molar-refractivity contribution in [3.63, 3.8) is 0 Å². The Bertz CT molecular complexity index is 413. The average Bonchev–Trinajstić information content (AvgIpc) is 2.26. The van der Waals surface area contributed by atoms with Gasteiger partial charge >= 0.3 is 6.36 Å². The molecule has 0 aliphatic heterocycles.